The minimum Gasteiger partial charge on any atom is -0.372 e. The van der Waals surface area contributed by atoms with Gasteiger partial charge in [-0.2, -0.15) is 0 Å². The molecule has 0 N–H and O–H groups in total. The predicted octanol–water partition coefficient (Wildman–Crippen LogP) is 8.80. The summed E-state index contributed by atoms with van der Waals surface area (Å²) < 4.78 is 0. The summed E-state index contributed by atoms with van der Waals surface area (Å²) in [6.45, 7) is 6.70. The number of nitrogens with zero attached hydrogens (tertiary/aromatic N) is 4. The van der Waals surface area contributed by atoms with Gasteiger partial charge < -0.3 is 4.90 Å². The van der Waals surface area contributed by atoms with Crippen LogP contribution in [0.4, 0.5) is 11.4 Å². The quantitative estimate of drug-likeness (QED) is 0.127. The van der Waals surface area contributed by atoms with Gasteiger partial charge in [-0.05, 0) is 72.5 Å². The molecule has 2 heterocycles. The summed E-state index contributed by atoms with van der Waals surface area (Å²) in [6, 6.07) is 23.2. The average Bonchev–Trinajstić information content (AvgIpc) is 3.00. The van der Waals surface area contributed by atoms with Crippen molar-refractivity contribution in [1.82, 2.24) is 9.97 Å². The van der Waals surface area contributed by atoms with Gasteiger partial charge in [-0.1, -0.05) is 63.1 Å². The molecule has 4 aromatic rings. The van der Waals surface area contributed by atoms with Crippen LogP contribution in [-0.2, 0) is 0 Å². The molecule has 0 fully saturated rings. The number of rotatable bonds is 13. The molecule has 204 valence electrons. The van der Waals surface area contributed by atoms with Gasteiger partial charge in [0.05, 0.1) is 16.3 Å². The molecule has 0 aliphatic rings. The van der Waals surface area contributed by atoms with Crippen LogP contribution in [0.3, 0.4) is 0 Å². The van der Waals surface area contributed by atoms with Gasteiger partial charge in [0.2, 0.25) is 0 Å². The fraction of sp³-hybridized carbons (Fsp3) is 0.235. The van der Waals surface area contributed by atoms with E-state index in [9.17, 15) is 10.1 Å². The predicted molar refractivity (Wildman–Crippen MR) is 167 cm³/mol. The normalized spacial score (nSPS) is 11.3. The largest absolute Gasteiger partial charge is 0.372 e. The number of aromatic nitrogens is 2. The van der Waals surface area contributed by atoms with Crippen LogP contribution in [0.5, 0.6) is 0 Å². The van der Waals surface area contributed by atoms with E-state index in [1.807, 2.05) is 48.8 Å². The fourth-order valence-corrected chi connectivity index (χ4v) is 4.28. The van der Waals surface area contributed by atoms with Crippen LogP contribution in [0.2, 0.25) is 0 Å². The first-order valence-corrected chi connectivity index (χ1v) is 13.9. The highest BCUT2D eigenvalue weighted by molar-refractivity contribution is 5.72. The van der Waals surface area contributed by atoms with E-state index < -0.39 is 4.92 Å². The fourth-order valence-electron chi connectivity index (χ4n) is 4.28. The number of benzene rings is 2. The molecule has 0 unspecified atom stereocenters. The van der Waals surface area contributed by atoms with Gasteiger partial charge in [0.25, 0.3) is 5.69 Å². The van der Waals surface area contributed by atoms with Crippen LogP contribution in [0, 0.1) is 10.1 Å². The summed E-state index contributed by atoms with van der Waals surface area (Å²) in [5, 5.41) is 10.8. The molecule has 0 spiro atoms. The van der Waals surface area contributed by atoms with Crippen molar-refractivity contribution >= 4 is 35.7 Å². The van der Waals surface area contributed by atoms with Gasteiger partial charge in [0.1, 0.15) is 0 Å². The van der Waals surface area contributed by atoms with Gasteiger partial charge >= 0.3 is 0 Å². The van der Waals surface area contributed by atoms with Crippen LogP contribution in [0.15, 0.2) is 85.2 Å². The van der Waals surface area contributed by atoms with Gasteiger partial charge in [0, 0.05) is 54.4 Å². The summed E-state index contributed by atoms with van der Waals surface area (Å²) in [5.41, 5.74) is 7.10. The molecule has 6 nitrogen and oxygen atoms in total. The lowest BCUT2D eigenvalue weighted by molar-refractivity contribution is -0.384. The summed E-state index contributed by atoms with van der Waals surface area (Å²) in [7, 11) is 0. The summed E-state index contributed by atoms with van der Waals surface area (Å²) >= 11 is 0. The standard InChI is InChI=1S/C34H36N4O2/c1-3-5-23-37(24-6-4-2)33-19-9-27(10-20-33)7-15-31-17-13-29(25-35-31)30-14-18-32(36-26-30)16-8-28-11-21-34(22-12-28)38(39)40/h7-22,25-26H,3-6,23-24H2,1-2H3/b15-7+,16-8+. The molecule has 0 radical (unpaired) electrons. The van der Waals surface area contributed by atoms with Crippen molar-refractivity contribution in [2.24, 2.45) is 0 Å². The number of anilines is 1. The van der Waals surface area contributed by atoms with E-state index in [1.165, 1.54) is 43.5 Å². The third-order valence-corrected chi connectivity index (χ3v) is 6.72. The van der Waals surface area contributed by atoms with Crippen LogP contribution in [-0.4, -0.2) is 28.0 Å². The highest BCUT2D eigenvalue weighted by atomic mass is 16.6. The SMILES string of the molecule is CCCCN(CCCC)c1ccc(/C=C/c2ccc(-c3ccc(/C=C/c4ccc([N+](=O)[O-])cc4)nc3)cn2)cc1. The molecule has 4 rings (SSSR count). The number of hydrogen-bond donors (Lipinski definition) is 0. The second-order valence-electron chi connectivity index (χ2n) is 9.74. The molecule has 0 aliphatic carbocycles. The van der Waals surface area contributed by atoms with E-state index in [-0.39, 0.29) is 5.69 Å². The molecule has 2 aromatic heterocycles. The molecule has 0 aliphatic heterocycles. The molecule has 0 saturated carbocycles. The minimum atomic E-state index is -0.402. The van der Waals surface area contributed by atoms with E-state index in [0.29, 0.717) is 0 Å². The zero-order chi connectivity index (χ0) is 28.2. The first-order chi connectivity index (χ1) is 19.6. The number of nitro groups is 1. The maximum atomic E-state index is 10.8. The van der Waals surface area contributed by atoms with Crippen LogP contribution >= 0.6 is 0 Å². The number of non-ortho nitro benzene ring substituents is 1. The summed E-state index contributed by atoms with van der Waals surface area (Å²) in [6.07, 6.45) is 16.5. The Kier molecular flexibility index (Phi) is 10.3. The Morgan fingerprint density at radius 2 is 1.15 bits per heavy atom. The number of hydrogen-bond acceptors (Lipinski definition) is 5. The highest BCUT2D eigenvalue weighted by Crippen LogP contribution is 2.21. The van der Waals surface area contributed by atoms with E-state index in [2.05, 4.69) is 65.1 Å². The lowest BCUT2D eigenvalue weighted by Crippen LogP contribution is -2.25. The van der Waals surface area contributed by atoms with E-state index in [0.717, 1.165) is 46.7 Å². The van der Waals surface area contributed by atoms with Crippen molar-refractivity contribution in [3.05, 3.63) is 118 Å². The van der Waals surface area contributed by atoms with Crippen LogP contribution in [0.25, 0.3) is 35.4 Å². The minimum absolute atomic E-state index is 0.0794. The third-order valence-electron chi connectivity index (χ3n) is 6.72. The second kappa shape index (κ2) is 14.5. The zero-order valence-corrected chi connectivity index (χ0v) is 23.2. The van der Waals surface area contributed by atoms with Gasteiger partial charge in [-0.15, -0.1) is 0 Å². The lowest BCUT2D eigenvalue weighted by atomic mass is 10.1. The molecule has 40 heavy (non-hydrogen) atoms. The summed E-state index contributed by atoms with van der Waals surface area (Å²) in [5.74, 6) is 0. The lowest BCUT2D eigenvalue weighted by Gasteiger charge is -2.24. The molecule has 0 bridgehead atoms. The first kappa shape index (κ1) is 28.4. The Balaban J connectivity index is 1.35. The van der Waals surface area contributed by atoms with Crippen molar-refractivity contribution in [3.63, 3.8) is 0 Å². The third kappa shape index (κ3) is 8.21. The molecule has 2 aromatic carbocycles. The number of unbranched alkanes of at least 4 members (excludes halogenated alkanes) is 2. The average molecular weight is 533 g/mol. The van der Waals surface area contributed by atoms with E-state index in [4.69, 9.17) is 0 Å². The van der Waals surface area contributed by atoms with Gasteiger partial charge in [0.15, 0.2) is 0 Å². The van der Waals surface area contributed by atoms with Gasteiger partial charge in [-0.25, -0.2) is 0 Å². The Labute approximate surface area is 236 Å². The topological polar surface area (TPSA) is 72.2 Å². The van der Waals surface area contributed by atoms with Gasteiger partial charge in [-0.3, -0.25) is 20.1 Å². The van der Waals surface area contributed by atoms with Crippen LogP contribution in [0.1, 0.15) is 62.0 Å². The van der Waals surface area contributed by atoms with Crippen molar-refractivity contribution in [2.45, 2.75) is 39.5 Å². The number of pyridine rings is 2. The molecule has 6 heteroatoms. The molecule has 0 saturated heterocycles. The zero-order valence-electron chi connectivity index (χ0n) is 23.2. The maximum Gasteiger partial charge on any atom is 0.269 e. The molecule has 0 amide bonds. The van der Waals surface area contributed by atoms with Crippen molar-refractivity contribution < 1.29 is 4.92 Å². The monoisotopic (exact) mass is 532 g/mol. The second-order valence-corrected chi connectivity index (χ2v) is 9.74. The highest BCUT2D eigenvalue weighted by Gasteiger charge is 2.06. The first-order valence-electron chi connectivity index (χ1n) is 13.9. The van der Waals surface area contributed by atoms with Crippen molar-refractivity contribution in [1.29, 1.82) is 0 Å². The van der Waals surface area contributed by atoms with E-state index >= 15 is 0 Å². The van der Waals surface area contributed by atoms with Crippen LogP contribution < -0.4 is 4.90 Å². The Morgan fingerprint density at radius 1 is 0.675 bits per heavy atom. The Hall–Kier alpha value is -4.58. The maximum absolute atomic E-state index is 10.8. The number of nitro benzene ring substituents is 1. The van der Waals surface area contributed by atoms with Crippen molar-refractivity contribution in [3.8, 4) is 11.1 Å². The molecular formula is C34H36N4O2. The molecular weight excluding hydrogens is 496 g/mol. The van der Waals surface area contributed by atoms with Crippen molar-refractivity contribution in [2.75, 3.05) is 18.0 Å². The van der Waals surface area contributed by atoms with E-state index in [1.54, 1.807) is 12.1 Å². The smallest absolute Gasteiger partial charge is 0.269 e. The summed E-state index contributed by atoms with van der Waals surface area (Å²) in [4.78, 5) is 22.0. The molecule has 0 atom stereocenters. The Bertz CT molecular complexity index is 1400. The Morgan fingerprint density at radius 3 is 1.55 bits per heavy atom.